The molecule has 2 heterocycles. The van der Waals surface area contributed by atoms with E-state index in [1.54, 1.807) is 19.4 Å². The van der Waals surface area contributed by atoms with Gasteiger partial charge in [-0.1, -0.05) is 25.4 Å². The van der Waals surface area contributed by atoms with Crippen LogP contribution in [-0.2, 0) is 9.84 Å². The van der Waals surface area contributed by atoms with Crippen molar-refractivity contribution in [3.8, 4) is 17.3 Å². The SMILES string of the molecule is CCC(CC)n1c(OC)nc2c(-c3ccc(S(C)(=O)=O)cc3Cl)nccc21. The van der Waals surface area contributed by atoms with Crippen molar-refractivity contribution in [1.82, 2.24) is 14.5 Å². The third kappa shape index (κ3) is 3.53. The maximum absolute atomic E-state index is 11.8. The molecule has 0 N–H and O–H groups in total. The number of sulfone groups is 1. The number of halogens is 1. The van der Waals surface area contributed by atoms with Crippen molar-refractivity contribution in [2.75, 3.05) is 13.4 Å². The Morgan fingerprint density at radius 1 is 1.22 bits per heavy atom. The fourth-order valence-corrected chi connectivity index (χ4v) is 4.25. The van der Waals surface area contributed by atoms with E-state index in [0.29, 0.717) is 27.8 Å². The number of rotatable bonds is 6. The van der Waals surface area contributed by atoms with Crippen molar-refractivity contribution in [3.05, 3.63) is 35.5 Å². The van der Waals surface area contributed by atoms with Crippen LogP contribution >= 0.6 is 11.6 Å². The molecule has 2 aromatic heterocycles. The molecule has 8 heteroatoms. The fraction of sp³-hybridized carbons (Fsp3) is 0.368. The Balaban J connectivity index is 2.25. The Morgan fingerprint density at radius 3 is 2.48 bits per heavy atom. The molecule has 0 fully saturated rings. The highest BCUT2D eigenvalue weighted by Gasteiger charge is 2.21. The molecular formula is C19H22ClN3O3S. The number of imidazole rings is 1. The molecule has 0 radical (unpaired) electrons. The molecule has 144 valence electrons. The van der Waals surface area contributed by atoms with E-state index < -0.39 is 9.84 Å². The highest BCUT2D eigenvalue weighted by molar-refractivity contribution is 7.90. The largest absolute Gasteiger partial charge is 0.468 e. The van der Waals surface area contributed by atoms with Gasteiger partial charge in [0.2, 0.25) is 0 Å². The highest BCUT2D eigenvalue weighted by Crippen LogP contribution is 2.36. The number of fused-ring (bicyclic) bond motifs is 1. The fourth-order valence-electron chi connectivity index (χ4n) is 3.27. The third-order valence-corrected chi connectivity index (χ3v) is 6.11. The molecule has 0 saturated heterocycles. The molecule has 0 spiro atoms. The number of benzene rings is 1. The number of aromatic nitrogens is 3. The summed E-state index contributed by atoms with van der Waals surface area (Å²) in [5.41, 5.74) is 2.82. The van der Waals surface area contributed by atoms with E-state index >= 15 is 0 Å². The van der Waals surface area contributed by atoms with Crippen LogP contribution in [0.25, 0.3) is 22.3 Å². The van der Waals surface area contributed by atoms with Crippen LogP contribution in [0.3, 0.4) is 0 Å². The molecule has 0 aliphatic heterocycles. The third-order valence-electron chi connectivity index (χ3n) is 4.69. The number of hydrogen-bond acceptors (Lipinski definition) is 5. The number of hydrogen-bond donors (Lipinski definition) is 0. The molecule has 27 heavy (non-hydrogen) atoms. The summed E-state index contributed by atoms with van der Waals surface area (Å²) in [6.07, 6.45) is 4.75. The lowest BCUT2D eigenvalue weighted by atomic mass is 10.1. The van der Waals surface area contributed by atoms with Crippen LogP contribution in [0.15, 0.2) is 35.4 Å². The Morgan fingerprint density at radius 2 is 1.93 bits per heavy atom. The molecular weight excluding hydrogens is 386 g/mol. The van der Waals surface area contributed by atoms with Gasteiger partial charge in [0.05, 0.1) is 28.2 Å². The lowest BCUT2D eigenvalue weighted by Crippen LogP contribution is -2.08. The number of ether oxygens (including phenoxy) is 1. The minimum absolute atomic E-state index is 0.170. The number of nitrogens with zero attached hydrogens (tertiary/aromatic N) is 3. The van der Waals surface area contributed by atoms with E-state index in [9.17, 15) is 8.42 Å². The van der Waals surface area contributed by atoms with Gasteiger partial charge < -0.3 is 4.74 Å². The average Bonchev–Trinajstić information content (AvgIpc) is 3.01. The highest BCUT2D eigenvalue weighted by atomic mass is 35.5. The van der Waals surface area contributed by atoms with Crippen molar-refractivity contribution in [1.29, 1.82) is 0 Å². The zero-order valence-electron chi connectivity index (χ0n) is 15.7. The second-order valence-corrected chi connectivity index (χ2v) is 8.80. The van der Waals surface area contributed by atoms with E-state index in [1.165, 1.54) is 12.1 Å². The average molecular weight is 408 g/mol. The van der Waals surface area contributed by atoms with Crippen LogP contribution in [-0.4, -0.2) is 36.3 Å². The minimum atomic E-state index is -3.34. The van der Waals surface area contributed by atoms with Crippen LogP contribution in [0.1, 0.15) is 32.7 Å². The summed E-state index contributed by atoms with van der Waals surface area (Å²) in [5, 5.41) is 0.314. The van der Waals surface area contributed by atoms with Gasteiger partial charge >= 0.3 is 0 Å². The summed E-state index contributed by atoms with van der Waals surface area (Å²) in [5.74, 6) is 0. The van der Waals surface area contributed by atoms with Crippen LogP contribution in [0.2, 0.25) is 5.02 Å². The molecule has 0 amide bonds. The summed E-state index contributed by atoms with van der Waals surface area (Å²) in [4.78, 5) is 9.27. The molecule has 3 rings (SSSR count). The summed E-state index contributed by atoms with van der Waals surface area (Å²) >= 11 is 6.40. The van der Waals surface area contributed by atoms with Gasteiger partial charge in [-0.2, -0.15) is 4.98 Å². The second-order valence-electron chi connectivity index (χ2n) is 6.38. The van der Waals surface area contributed by atoms with E-state index in [-0.39, 0.29) is 10.9 Å². The number of pyridine rings is 1. The lowest BCUT2D eigenvalue weighted by molar-refractivity contribution is 0.333. The number of methoxy groups -OCH3 is 1. The van der Waals surface area contributed by atoms with Crippen molar-refractivity contribution in [2.24, 2.45) is 0 Å². The maximum Gasteiger partial charge on any atom is 0.297 e. The van der Waals surface area contributed by atoms with Crippen LogP contribution in [0.5, 0.6) is 6.01 Å². The molecule has 0 saturated carbocycles. The molecule has 0 bridgehead atoms. The molecule has 6 nitrogen and oxygen atoms in total. The first-order chi connectivity index (χ1) is 12.8. The van der Waals surface area contributed by atoms with Gasteiger partial charge in [-0.05, 0) is 37.1 Å². The Labute approximate surface area is 164 Å². The molecule has 0 unspecified atom stereocenters. The Bertz CT molecular complexity index is 1090. The predicted octanol–water partition coefficient (Wildman–Crippen LogP) is 4.52. The lowest BCUT2D eigenvalue weighted by Gasteiger charge is -2.17. The maximum atomic E-state index is 11.8. The Kier molecular flexibility index (Phi) is 5.44. The topological polar surface area (TPSA) is 74.1 Å². The van der Waals surface area contributed by atoms with Gasteiger partial charge in [-0.15, -0.1) is 0 Å². The van der Waals surface area contributed by atoms with Gasteiger partial charge in [0, 0.05) is 24.1 Å². The molecule has 0 atom stereocenters. The zero-order chi connectivity index (χ0) is 19.8. The summed E-state index contributed by atoms with van der Waals surface area (Å²) in [6, 6.07) is 7.34. The molecule has 3 aromatic rings. The van der Waals surface area contributed by atoms with Gasteiger partial charge in [0.15, 0.2) is 9.84 Å². The van der Waals surface area contributed by atoms with Crippen LogP contribution in [0, 0.1) is 0 Å². The normalized spacial score (nSPS) is 12.1. The van der Waals surface area contributed by atoms with Gasteiger partial charge in [0.1, 0.15) is 5.52 Å². The second kappa shape index (κ2) is 7.48. The summed E-state index contributed by atoms with van der Waals surface area (Å²) in [6.45, 7) is 4.25. The van der Waals surface area contributed by atoms with Crippen LogP contribution in [0.4, 0.5) is 0 Å². The predicted molar refractivity (Wildman–Crippen MR) is 107 cm³/mol. The van der Waals surface area contributed by atoms with E-state index in [2.05, 4.69) is 28.4 Å². The van der Waals surface area contributed by atoms with E-state index in [4.69, 9.17) is 16.3 Å². The van der Waals surface area contributed by atoms with Crippen molar-refractivity contribution in [2.45, 2.75) is 37.6 Å². The van der Waals surface area contributed by atoms with Crippen LogP contribution < -0.4 is 4.74 Å². The monoisotopic (exact) mass is 407 g/mol. The van der Waals surface area contributed by atoms with Gasteiger partial charge in [0.25, 0.3) is 6.01 Å². The standard InChI is InChI=1S/C19H22ClN3O3S/c1-5-12(6-2)23-16-9-10-21-17(18(16)22-19(23)26-3)14-8-7-13(11-15(14)20)27(4,24)25/h7-12H,5-6H2,1-4H3. The zero-order valence-corrected chi connectivity index (χ0v) is 17.3. The summed E-state index contributed by atoms with van der Waals surface area (Å²) < 4.78 is 31.1. The van der Waals surface area contributed by atoms with E-state index in [1.807, 2.05) is 6.07 Å². The smallest absolute Gasteiger partial charge is 0.297 e. The minimum Gasteiger partial charge on any atom is -0.468 e. The van der Waals surface area contributed by atoms with Crippen molar-refractivity contribution >= 4 is 32.5 Å². The first-order valence-electron chi connectivity index (χ1n) is 8.72. The Hall–Kier alpha value is -2.12. The molecule has 0 aliphatic rings. The molecule has 0 aliphatic carbocycles. The molecule has 1 aromatic carbocycles. The van der Waals surface area contributed by atoms with Gasteiger partial charge in [-0.25, -0.2) is 8.42 Å². The van der Waals surface area contributed by atoms with Crippen molar-refractivity contribution in [3.63, 3.8) is 0 Å². The van der Waals surface area contributed by atoms with E-state index in [0.717, 1.165) is 24.6 Å². The van der Waals surface area contributed by atoms with Crippen molar-refractivity contribution < 1.29 is 13.2 Å². The first-order valence-corrected chi connectivity index (χ1v) is 11.0. The van der Waals surface area contributed by atoms with Gasteiger partial charge in [-0.3, -0.25) is 9.55 Å². The summed E-state index contributed by atoms with van der Waals surface area (Å²) in [7, 11) is -1.74. The first kappa shape index (κ1) is 19.6. The quantitative estimate of drug-likeness (QED) is 0.600.